The number of H-pyrrole nitrogens is 1. The number of nitrogen functional groups attached to an aromatic ring is 1. The highest BCUT2D eigenvalue weighted by Gasteiger charge is 2.12. The molecule has 102 valence electrons. The Kier molecular flexibility index (Phi) is 2.86. The first-order valence-electron chi connectivity index (χ1n) is 5.79. The van der Waals surface area contributed by atoms with E-state index in [0.29, 0.717) is 22.9 Å². The lowest BCUT2D eigenvalue weighted by Gasteiger charge is -2.03. The van der Waals surface area contributed by atoms with Crippen LogP contribution in [0, 0.1) is 5.82 Å². The number of hydrogen-bond donors (Lipinski definition) is 2. The van der Waals surface area contributed by atoms with Crippen molar-refractivity contribution in [3.05, 3.63) is 36.1 Å². The number of aromatic amines is 1. The molecule has 0 radical (unpaired) electrons. The molecule has 0 atom stereocenters. The molecule has 3 aromatic rings. The molecule has 2 heterocycles. The summed E-state index contributed by atoms with van der Waals surface area (Å²) < 4.78 is 24.1. The summed E-state index contributed by atoms with van der Waals surface area (Å²) in [6.45, 7) is 0. The Labute approximate surface area is 113 Å². The molecule has 6 nitrogen and oxygen atoms in total. The van der Waals surface area contributed by atoms with E-state index in [4.69, 9.17) is 14.9 Å². The van der Waals surface area contributed by atoms with Gasteiger partial charge in [0.1, 0.15) is 5.76 Å². The highest BCUT2D eigenvalue weighted by Crippen LogP contribution is 2.29. The number of furan rings is 1. The second-order valence-corrected chi connectivity index (χ2v) is 4.06. The first-order valence-corrected chi connectivity index (χ1v) is 5.79. The fourth-order valence-electron chi connectivity index (χ4n) is 1.82. The van der Waals surface area contributed by atoms with Gasteiger partial charge in [-0.2, -0.15) is 4.98 Å². The lowest BCUT2D eigenvalue weighted by molar-refractivity contribution is 0.386. The van der Waals surface area contributed by atoms with Crippen molar-refractivity contribution in [2.45, 2.75) is 0 Å². The number of rotatable bonds is 3. The van der Waals surface area contributed by atoms with E-state index < -0.39 is 5.82 Å². The molecule has 3 N–H and O–H groups in total. The normalized spacial score (nSPS) is 10.7. The SMILES string of the molecule is COc1ccc(-c2ccc(-c3nc(N)n[nH]3)o2)cc1F. The molecule has 0 amide bonds. The lowest BCUT2D eigenvalue weighted by atomic mass is 10.1. The largest absolute Gasteiger partial charge is 0.494 e. The maximum atomic E-state index is 13.7. The van der Waals surface area contributed by atoms with Gasteiger partial charge in [0.2, 0.25) is 5.95 Å². The van der Waals surface area contributed by atoms with Crippen LogP contribution >= 0.6 is 0 Å². The quantitative estimate of drug-likeness (QED) is 0.765. The standard InChI is InChI=1S/C13H11FN4O2/c1-19-10-3-2-7(6-8(10)14)9-4-5-11(20-9)12-16-13(15)18-17-12/h2-6H,1H3,(H3,15,16,17,18). The minimum Gasteiger partial charge on any atom is -0.494 e. The van der Waals surface area contributed by atoms with Gasteiger partial charge >= 0.3 is 0 Å². The number of nitrogens with one attached hydrogen (secondary N) is 1. The van der Waals surface area contributed by atoms with E-state index in [9.17, 15) is 4.39 Å². The van der Waals surface area contributed by atoms with Crippen molar-refractivity contribution < 1.29 is 13.5 Å². The number of ether oxygens (including phenoxy) is 1. The lowest BCUT2D eigenvalue weighted by Crippen LogP contribution is -1.87. The van der Waals surface area contributed by atoms with Crippen LogP contribution in [0.15, 0.2) is 34.7 Å². The molecule has 0 saturated carbocycles. The van der Waals surface area contributed by atoms with Crippen LogP contribution in [0.4, 0.5) is 10.3 Å². The average Bonchev–Trinajstić information content (AvgIpc) is 3.07. The maximum Gasteiger partial charge on any atom is 0.239 e. The molecule has 1 aromatic carbocycles. The Bertz CT molecular complexity index is 750. The van der Waals surface area contributed by atoms with Crippen LogP contribution in [-0.2, 0) is 0 Å². The molecule has 0 fully saturated rings. The molecular weight excluding hydrogens is 263 g/mol. The maximum absolute atomic E-state index is 13.7. The molecule has 0 bridgehead atoms. The van der Waals surface area contributed by atoms with Gasteiger partial charge in [-0.1, -0.05) is 0 Å². The van der Waals surface area contributed by atoms with Crippen LogP contribution in [0.2, 0.25) is 0 Å². The highest BCUT2D eigenvalue weighted by molar-refractivity contribution is 5.62. The number of nitrogens with zero attached hydrogens (tertiary/aromatic N) is 2. The molecule has 3 rings (SSSR count). The van der Waals surface area contributed by atoms with Gasteiger partial charge in [0.15, 0.2) is 23.2 Å². The van der Waals surface area contributed by atoms with Crippen molar-refractivity contribution in [1.29, 1.82) is 0 Å². The van der Waals surface area contributed by atoms with E-state index >= 15 is 0 Å². The Morgan fingerprint density at radius 1 is 1.25 bits per heavy atom. The van der Waals surface area contributed by atoms with Gasteiger partial charge in [-0.05, 0) is 30.3 Å². The fraction of sp³-hybridized carbons (Fsp3) is 0.0769. The Morgan fingerprint density at radius 2 is 2.05 bits per heavy atom. The predicted molar refractivity (Wildman–Crippen MR) is 70.4 cm³/mol. The zero-order chi connectivity index (χ0) is 14.1. The third-order valence-corrected chi connectivity index (χ3v) is 2.78. The minimum atomic E-state index is -0.452. The first kappa shape index (κ1) is 12.2. The van der Waals surface area contributed by atoms with Gasteiger partial charge < -0.3 is 14.9 Å². The number of hydrogen-bond acceptors (Lipinski definition) is 5. The molecule has 0 saturated heterocycles. The van der Waals surface area contributed by atoms with Crippen LogP contribution < -0.4 is 10.5 Å². The summed E-state index contributed by atoms with van der Waals surface area (Å²) >= 11 is 0. The Morgan fingerprint density at radius 3 is 2.70 bits per heavy atom. The summed E-state index contributed by atoms with van der Waals surface area (Å²) in [5.41, 5.74) is 6.03. The molecule has 20 heavy (non-hydrogen) atoms. The van der Waals surface area contributed by atoms with Crippen LogP contribution in [0.3, 0.4) is 0 Å². The van der Waals surface area contributed by atoms with E-state index in [0.717, 1.165) is 0 Å². The second-order valence-electron chi connectivity index (χ2n) is 4.06. The zero-order valence-electron chi connectivity index (χ0n) is 10.6. The molecule has 2 aromatic heterocycles. The summed E-state index contributed by atoms with van der Waals surface area (Å²) in [6.07, 6.45) is 0. The molecule has 0 spiro atoms. The number of halogens is 1. The molecule has 0 unspecified atom stereocenters. The van der Waals surface area contributed by atoms with Crippen LogP contribution in [0.25, 0.3) is 22.9 Å². The number of anilines is 1. The molecule has 7 heteroatoms. The zero-order valence-corrected chi connectivity index (χ0v) is 10.6. The summed E-state index contributed by atoms with van der Waals surface area (Å²) in [7, 11) is 1.41. The van der Waals surface area contributed by atoms with Gasteiger partial charge in [0.25, 0.3) is 0 Å². The Hall–Kier alpha value is -2.83. The summed E-state index contributed by atoms with van der Waals surface area (Å²) in [5.74, 6) is 1.27. The van der Waals surface area contributed by atoms with E-state index in [1.54, 1.807) is 24.3 Å². The summed E-state index contributed by atoms with van der Waals surface area (Å²) in [6, 6.07) is 8.02. The summed E-state index contributed by atoms with van der Waals surface area (Å²) in [4.78, 5) is 3.96. The number of nitrogens with two attached hydrogens (primary N) is 1. The van der Waals surface area contributed by atoms with E-state index in [1.165, 1.54) is 13.2 Å². The predicted octanol–water partition coefficient (Wildman–Crippen LogP) is 2.46. The monoisotopic (exact) mass is 274 g/mol. The fourth-order valence-corrected chi connectivity index (χ4v) is 1.82. The number of benzene rings is 1. The van der Waals surface area contributed by atoms with Gasteiger partial charge in [0, 0.05) is 5.56 Å². The third-order valence-electron chi connectivity index (χ3n) is 2.78. The van der Waals surface area contributed by atoms with Gasteiger partial charge in [-0.25, -0.2) is 4.39 Å². The van der Waals surface area contributed by atoms with E-state index in [1.807, 2.05) is 0 Å². The first-order chi connectivity index (χ1) is 9.67. The molecular formula is C13H11FN4O2. The van der Waals surface area contributed by atoms with E-state index in [-0.39, 0.29) is 11.7 Å². The smallest absolute Gasteiger partial charge is 0.239 e. The number of methoxy groups -OCH3 is 1. The average molecular weight is 274 g/mol. The van der Waals surface area contributed by atoms with Crippen molar-refractivity contribution in [2.24, 2.45) is 0 Å². The molecule has 0 aliphatic rings. The van der Waals surface area contributed by atoms with Crippen molar-refractivity contribution in [3.63, 3.8) is 0 Å². The second kappa shape index (κ2) is 4.69. The van der Waals surface area contributed by atoms with Gasteiger partial charge in [-0.15, -0.1) is 5.10 Å². The van der Waals surface area contributed by atoms with Crippen molar-refractivity contribution in [1.82, 2.24) is 15.2 Å². The summed E-state index contributed by atoms with van der Waals surface area (Å²) in [5, 5.41) is 6.36. The van der Waals surface area contributed by atoms with Crippen molar-refractivity contribution in [3.8, 4) is 28.7 Å². The van der Waals surface area contributed by atoms with Crippen molar-refractivity contribution >= 4 is 5.95 Å². The van der Waals surface area contributed by atoms with Gasteiger partial charge in [0.05, 0.1) is 7.11 Å². The van der Waals surface area contributed by atoms with Crippen LogP contribution in [0.1, 0.15) is 0 Å². The minimum absolute atomic E-state index is 0.133. The third kappa shape index (κ3) is 2.09. The van der Waals surface area contributed by atoms with E-state index in [2.05, 4.69) is 15.2 Å². The van der Waals surface area contributed by atoms with Crippen molar-refractivity contribution in [2.75, 3.05) is 12.8 Å². The van der Waals surface area contributed by atoms with Crippen LogP contribution in [-0.4, -0.2) is 22.3 Å². The number of aromatic nitrogens is 3. The molecule has 0 aliphatic carbocycles. The Balaban J connectivity index is 1.95. The van der Waals surface area contributed by atoms with Gasteiger partial charge in [-0.3, -0.25) is 5.10 Å². The highest BCUT2D eigenvalue weighted by atomic mass is 19.1. The topological polar surface area (TPSA) is 90.0 Å². The molecule has 0 aliphatic heterocycles. The van der Waals surface area contributed by atoms with Crippen LogP contribution in [0.5, 0.6) is 5.75 Å².